The van der Waals surface area contributed by atoms with Crippen LogP contribution in [0.15, 0.2) is 42.5 Å². The van der Waals surface area contributed by atoms with E-state index >= 15 is 0 Å². The molecule has 0 bridgehead atoms. The number of hydrogen-bond donors (Lipinski definition) is 1. The molecule has 4 nitrogen and oxygen atoms in total. The number of nitrogens with zero attached hydrogens (tertiary/aromatic N) is 1. The molecule has 0 saturated heterocycles. The monoisotopic (exact) mass is 303 g/mol. The van der Waals surface area contributed by atoms with Gasteiger partial charge in [0.25, 0.3) is 0 Å². The Hall–Kier alpha value is -2.20. The first-order chi connectivity index (χ1) is 10.2. The highest BCUT2D eigenvalue weighted by Gasteiger charge is 2.23. The molecule has 1 aliphatic rings. The Bertz CT molecular complexity index is 687. The highest BCUT2D eigenvalue weighted by atomic mass is 35.5. The molecule has 5 heteroatoms. The minimum absolute atomic E-state index is 0.191. The van der Waals surface area contributed by atoms with Crippen LogP contribution < -0.4 is 9.64 Å². The van der Waals surface area contributed by atoms with E-state index in [1.807, 2.05) is 30.3 Å². The summed E-state index contributed by atoms with van der Waals surface area (Å²) < 4.78 is 5.56. The van der Waals surface area contributed by atoms with E-state index in [1.165, 1.54) is 0 Å². The first-order valence-corrected chi connectivity index (χ1v) is 7.02. The van der Waals surface area contributed by atoms with Crippen molar-refractivity contribution < 1.29 is 14.6 Å². The maximum atomic E-state index is 11.3. The highest BCUT2D eigenvalue weighted by Crippen LogP contribution is 2.36. The van der Waals surface area contributed by atoms with Gasteiger partial charge in [-0.1, -0.05) is 35.9 Å². The summed E-state index contributed by atoms with van der Waals surface area (Å²) in [6.07, 6.45) is 0. The van der Waals surface area contributed by atoms with Crippen LogP contribution in [-0.2, 0) is 6.54 Å². The molecule has 0 amide bonds. The van der Waals surface area contributed by atoms with Crippen LogP contribution in [0.25, 0.3) is 0 Å². The van der Waals surface area contributed by atoms with Crippen LogP contribution in [0, 0.1) is 0 Å². The first-order valence-electron chi connectivity index (χ1n) is 6.64. The SMILES string of the molecule is O=C(O)c1cccc2c1OCCN2Cc1ccccc1Cl. The number of carboxylic acids is 1. The van der Waals surface area contributed by atoms with E-state index in [-0.39, 0.29) is 5.56 Å². The lowest BCUT2D eigenvalue weighted by Gasteiger charge is -2.32. The Balaban J connectivity index is 1.96. The van der Waals surface area contributed by atoms with E-state index in [0.29, 0.717) is 30.5 Å². The van der Waals surface area contributed by atoms with E-state index in [4.69, 9.17) is 16.3 Å². The molecule has 0 aromatic heterocycles. The molecule has 1 heterocycles. The molecule has 2 aromatic rings. The summed E-state index contributed by atoms with van der Waals surface area (Å²) in [6, 6.07) is 12.8. The van der Waals surface area contributed by atoms with Gasteiger partial charge < -0.3 is 14.7 Å². The van der Waals surface area contributed by atoms with Gasteiger partial charge >= 0.3 is 5.97 Å². The number of carboxylic acid groups (broad SMARTS) is 1. The molecule has 108 valence electrons. The molecular formula is C16H14ClNO3. The van der Waals surface area contributed by atoms with Crippen molar-refractivity contribution in [3.05, 3.63) is 58.6 Å². The van der Waals surface area contributed by atoms with E-state index < -0.39 is 5.97 Å². The Morgan fingerprint density at radius 2 is 2.05 bits per heavy atom. The zero-order chi connectivity index (χ0) is 14.8. The molecule has 21 heavy (non-hydrogen) atoms. The van der Waals surface area contributed by atoms with Crippen molar-refractivity contribution in [2.75, 3.05) is 18.1 Å². The number of fused-ring (bicyclic) bond motifs is 1. The van der Waals surface area contributed by atoms with Gasteiger partial charge in [-0.05, 0) is 23.8 Å². The third-order valence-corrected chi connectivity index (χ3v) is 3.86. The van der Waals surface area contributed by atoms with Crippen molar-refractivity contribution in [2.45, 2.75) is 6.54 Å². The van der Waals surface area contributed by atoms with Gasteiger partial charge in [0.05, 0.1) is 12.2 Å². The van der Waals surface area contributed by atoms with E-state index in [1.54, 1.807) is 12.1 Å². The zero-order valence-corrected chi connectivity index (χ0v) is 12.0. The van der Waals surface area contributed by atoms with Crippen LogP contribution in [-0.4, -0.2) is 24.2 Å². The average molecular weight is 304 g/mol. The normalized spacial score (nSPS) is 13.5. The maximum Gasteiger partial charge on any atom is 0.339 e. The van der Waals surface area contributed by atoms with Crippen molar-refractivity contribution in [2.24, 2.45) is 0 Å². The fraction of sp³-hybridized carbons (Fsp3) is 0.188. The van der Waals surface area contributed by atoms with Crippen LogP contribution in [0.2, 0.25) is 5.02 Å². The van der Waals surface area contributed by atoms with Crippen molar-refractivity contribution >= 4 is 23.3 Å². The Morgan fingerprint density at radius 3 is 2.81 bits per heavy atom. The maximum absolute atomic E-state index is 11.3. The zero-order valence-electron chi connectivity index (χ0n) is 11.3. The molecule has 0 spiro atoms. The Labute approximate surface area is 127 Å². The summed E-state index contributed by atoms with van der Waals surface area (Å²) in [4.78, 5) is 13.4. The fourth-order valence-corrected chi connectivity index (χ4v) is 2.66. The van der Waals surface area contributed by atoms with Gasteiger partial charge in [-0.15, -0.1) is 0 Å². The summed E-state index contributed by atoms with van der Waals surface area (Å²) in [5.41, 5.74) is 1.99. The largest absolute Gasteiger partial charge is 0.489 e. The van der Waals surface area contributed by atoms with Gasteiger partial charge in [-0.2, -0.15) is 0 Å². The van der Waals surface area contributed by atoms with Gasteiger partial charge in [0.1, 0.15) is 12.2 Å². The third-order valence-electron chi connectivity index (χ3n) is 3.49. The van der Waals surface area contributed by atoms with E-state index in [0.717, 1.165) is 11.3 Å². The van der Waals surface area contributed by atoms with Crippen LogP contribution in [0.5, 0.6) is 5.75 Å². The molecule has 0 aliphatic carbocycles. The van der Waals surface area contributed by atoms with Crippen LogP contribution in [0.1, 0.15) is 15.9 Å². The first kappa shape index (κ1) is 13.8. The number of hydrogen-bond acceptors (Lipinski definition) is 3. The average Bonchev–Trinajstić information content (AvgIpc) is 2.49. The van der Waals surface area contributed by atoms with Crippen molar-refractivity contribution in [1.82, 2.24) is 0 Å². The number of carbonyl (C=O) groups is 1. The molecule has 0 unspecified atom stereocenters. The Kier molecular flexibility index (Phi) is 3.71. The van der Waals surface area contributed by atoms with Crippen molar-refractivity contribution in [1.29, 1.82) is 0 Å². The summed E-state index contributed by atoms with van der Waals surface area (Å²) in [5.74, 6) is -0.547. The van der Waals surface area contributed by atoms with Crippen LogP contribution in [0.3, 0.4) is 0 Å². The number of ether oxygens (including phenoxy) is 1. The van der Waals surface area contributed by atoms with Crippen LogP contribution in [0.4, 0.5) is 5.69 Å². The quantitative estimate of drug-likeness (QED) is 0.943. The fourth-order valence-electron chi connectivity index (χ4n) is 2.47. The number of halogens is 1. The molecular weight excluding hydrogens is 290 g/mol. The summed E-state index contributed by atoms with van der Waals surface area (Å²) >= 11 is 6.20. The molecule has 2 aromatic carbocycles. The van der Waals surface area contributed by atoms with Gasteiger partial charge in [-0.3, -0.25) is 0 Å². The molecule has 0 radical (unpaired) electrons. The van der Waals surface area contributed by atoms with Crippen molar-refractivity contribution in [3.63, 3.8) is 0 Å². The summed E-state index contributed by atoms with van der Waals surface area (Å²) in [6.45, 7) is 1.78. The number of benzene rings is 2. The van der Waals surface area contributed by atoms with E-state index in [9.17, 15) is 9.90 Å². The predicted molar refractivity (Wildman–Crippen MR) is 81.4 cm³/mol. The second-order valence-corrected chi connectivity index (χ2v) is 5.23. The molecule has 3 rings (SSSR count). The summed E-state index contributed by atoms with van der Waals surface area (Å²) in [7, 11) is 0. The smallest absolute Gasteiger partial charge is 0.339 e. The lowest BCUT2D eigenvalue weighted by Crippen LogP contribution is -2.33. The second kappa shape index (κ2) is 5.66. The lowest BCUT2D eigenvalue weighted by atomic mass is 10.1. The minimum Gasteiger partial charge on any atom is -0.489 e. The number of anilines is 1. The predicted octanol–water partition coefficient (Wildman–Crippen LogP) is 3.44. The summed E-state index contributed by atoms with van der Waals surface area (Å²) in [5, 5.41) is 9.95. The standard InChI is InChI=1S/C16H14ClNO3/c17-13-6-2-1-4-11(13)10-18-8-9-21-15-12(16(19)20)5-3-7-14(15)18/h1-7H,8-10H2,(H,19,20). The van der Waals surface area contributed by atoms with Gasteiger partial charge in [0.15, 0.2) is 5.75 Å². The van der Waals surface area contributed by atoms with Crippen LogP contribution >= 0.6 is 11.6 Å². The van der Waals surface area contributed by atoms with E-state index in [2.05, 4.69) is 4.90 Å². The topological polar surface area (TPSA) is 49.8 Å². The molecule has 0 saturated carbocycles. The molecule has 0 fully saturated rings. The third kappa shape index (κ3) is 2.67. The molecule has 1 aliphatic heterocycles. The number of para-hydroxylation sites is 1. The second-order valence-electron chi connectivity index (χ2n) is 4.82. The molecule has 0 atom stereocenters. The lowest BCUT2D eigenvalue weighted by molar-refractivity contribution is 0.0692. The number of aromatic carboxylic acids is 1. The minimum atomic E-state index is -0.980. The van der Waals surface area contributed by atoms with Gasteiger partial charge in [0.2, 0.25) is 0 Å². The number of rotatable bonds is 3. The van der Waals surface area contributed by atoms with Crippen molar-refractivity contribution in [3.8, 4) is 5.75 Å². The van der Waals surface area contributed by atoms with Gasteiger partial charge in [-0.25, -0.2) is 4.79 Å². The van der Waals surface area contributed by atoms with Gasteiger partial charge in [0, 0.05) is 11.6 Å². The Morgan fingerprint density at radius 1 is 1.24 bits per heavy atom. The highest BCUT2D eigenvalue weighted by molar-refractivity contribution is 6.31. The molecule has 1 N–H and O–H groups in total.